The van der Waals surface area contributed by atoms with Gasteiger partial charge >= 0.3 is 10.1 Å². The first kappa shape index (κ1) is 32.8. The van der Waals surface area contributed by atoms with Crippen LogP contribution < -0.4 is 8.92 Å². The van der Waals surface area contributed by atoms with Crippen molar-refractivity contribution in [3.63, 3.8) is 0 Å². The SMILES string of the molecule is CCOC1Oc2ccc(OS(C)(=O)=O)cc2C1(C)C.CS(=O)(=O)c1ccc(C(=O)C2C(=O)CCCC2=O)c([N+](=O)[O-])c1. The molecule has 0 radical (unpaired) electrons. The van der Waals surface area contributed by atoms with E-state index in [0.29, 0.717) is 18.8 Å². The van der Waals surface area contributed by atoms with Crippen LogP contribution in [0, 0.1) is 16.0 Å². The van der Waals surface area contributed by atoms with Crippen LogP contribution in [0.4, 0.5) is 5.69 Å². The molecule has 1 fully saturated rings. The number of ether oxygens (including phenoxy) is 2. The summed E-state index contributed by atoms with van der Waals surface area (Å²) in [6, 6.07) is 7.76. The molecule has 2 aromatic rings. The first-order valence-corrected chi connectivity index (χ1v) is 16.5. The van der Waals surface area contributed by atoms with Gasteiger partial charge in [-0.05, 0) is 57.5 Å². The van der Waals surface area contributed by atoms with Crippen LogP contribution in [0.15, 0.2) is 41.3 Å². The third-order valence-corrected chi connectivity index (χ3v) is 8.25. The molecule has 0 saturated heterocycles. The number of rotatable bonds is 8. The first-order valence-electron chi connectivity index (χ1n) is 12.8. The molecule has 0 spiro atoms. The number of carbonyl (C=O) groups excluding carboxylic acids is 3. The molecule has 1 saturated carbocycles. The summed E-state index contributed by atoms with van der Waals surface area (Å²) in [4.78, 5) is 46.0. The van der Waals surface area contributed by atoms with Crippen molar-refractivity contribution in [3.05, 3.63) is 57.6 Å². The number of carbonyl (C=O) groups is 3. The normalized spacial score (nSPS) is 18.4. The molecule has 42 heavy (non-hydrogen) atoms. The molecule has 13 nitrogen and oxygen atoms in total. The van der Waals surface area contributed by atoms with Crippen LogP contribution in [-0.4, -0.2) is 64.5 Å². The van der Waals surface area contributed by atoms with Crippen LogP contribution in [0.5, 0.6) is 11.5 Å². The first-order chi connectivity index (χ1) is 19.4. The Kier molecular flexibility index (Phi) is 9.59. The summed E-state index contributed by atoms with van der Waals surface area (Å²) >= 11 is 0. The van der Waals surface area contributed by atoms with Gasteiger partial charge in [0.15, 0.2) is 27.2 Å². The minimum atomic E-state index is -3.70. The highest BCUT2D eigenvalue weighted by molar-refractivity contribution is 7.90. The molecule has 0 aromatic heterocycles. The molecule has 4 rings (SSSR count). The maximum Gasteiger partial charge on any atom is 0.306 e. The van der Waals surface area contributed by atoms with E-state index in [2.05, 4.69) is 0 Å². The van der Waals surface area contributed by atoms with Gasteiger partial charge in [0, 0.05) is 37.3 Å². The van der Waals surface area contributed by atoms with Gasteiger partial charge in [-0.2, -0.15) is 8.42 Å². The fraction of sp³-hybridized carbons (Fsp3) is 0.444. The summed E-state index contributed by atoms with van der Waals surface area (Å²) in [5, 5.41) is 11.1. The molecule has 15 heteroatoms. The van der Waals surface area contributed by atoms with Gasteiger partial charge in [0.2, 0.25) is 6.29 Å². The van der Waals surface area contributed by atoms with E-state index in [0.717, 1.165) is 36.3 Å². The van der Waals surface area contributed by atoms with E-state index in [-0.39, 0.29) is 35.2 Å². The van der Waals surface area contributed by atoms with E-state index in [1.54, 1.807) is 18.2 Å². The Balaban J connectivity index is 0.000000235. The average Bonchev–Trinajstić information content (AvgIpc) is 3.11. The topological polar surface area (TPSA) is 190 Å². The fourth-order valence-electron chi connectivity index (χ4n) is 4.58. The molecule has 1 aliphatic heterocycles. The fourth-order valence-corrected chi connectivity index (χ4v) is 5.67. The number of hydrogen-bond acceptors (Lipinski definition) is 12. The number of nitro groups is 1. The van der Waals surface area contributed by atoms with Gasteiger partial charge in [-0.15, -0.1) is 0 Å². The second-order valence-corrected chi connectivity index (χ2v) is 14.0. The third kappa shape index (κ3) is 7.38. The highest BCUT2D eigenvalue weighted by Crippen LogP contribution is 2.44. The van der Waals surface area contributed by atoms with Crippen molar-refractivity contribution in [2.75, 3.05) is 19.1 Å². The van der Waals surface area contributed by atoms with E-state index in [1.165, 1.54) is 0 Å². The van der Waals surface area contributed by atoms with Crippen molar-refractivity contribution >= 4 is 43.0 Å². The standard InChI is InChI=1S/C14H13NO7S.C13H18O5S/c1-23(21,22)8-5-6-9(10(7-8)15(19)20)14(18)13-11(16)3-2-4-12(13)17;1-5-16-12-13(2,3)10-8-9(18-19(4,14)15)6-7-11(10)17-12/h5-7,13H,2-4H2,1H3;6-8,12H,5H2,1-4H3. The number of nitro benzene ring substituents is 1. The smallest absolute Gasteiger partial charge is 0.306 e. The molecule has 1 heterocycles. The average molecular weight is 626 g/mol. The molecule has 2 aromatic carbocycles. The molecular formula is C27H31NO12S2. The number of nitrogens with zero attached hydrogens (tertiary/aromatic N) is 1. The predicted octanol–water partition coefficient (Wildman–Crippen LogP) is 3.18. The number of ketones is 3. The number of fused-ring (bicyclic) bond motifs is 1. The van der Waals surface area contributed by atoms with Gasteiger partial charge in [-0.1, -0.05) is 0 Å². The summed E-state index contributed by atoms with van der Waals surface area (Å²) in [5.41, 5.74) is -0.644. The zero-order valence-corrected chi connectivity index (χ0v) is 25.2. The highest BCUT2D eigenvalue weighted by atomic mass is 32.2. The van der Waals surface area contributed by atoms with E-state index >= 15 is 0 Å². The Bertz CT molecular complexity index is 1630. The van der Waals surface area contributed by atoms with E-state index in [9.17, 15) is 41.3 Å². The van der Waals surface area contributed by atoms with Crippen molar-refractivity contribution in [3.8, 4) is 11.5 Å². The Morgan fingerprint density at radius 2 is 1.67 bits per heavy atom. The molecule has 0 N–H and O–H groups in total. The zero-order valence-electron chi connectivity index (χ0n) is 23.6. The summed E-state index contributed by atoms with van der Waals surface area (Å²) in [5.74, 6) is -2.63. The lowest BCUT2D eigenvalue weighted by Gasteiger charge is -2.25. The van der Waals surface area contributed by atoms with Crippen LogP contribution >= 0.6 is 0 Å². The van der Waals surface area contributed by atoms with E-state index < -0.39 is 59.4 Å². The number of sulfone groups is 1. The van der Waals surface area contributed by atoms with Crippen molar-refractivity contribution < 1.29 is 49.8 Å². The van der Waals surface area contributed by atoms with Crippen LogP contribution in [0.1, 0.15) is 56.0 Å². The predicted molar refractivity (Wildman–Crippen MR) is 149 cm³/mol. The maximum atomic E-state index is 12.4. The second kappa shape index (κ2) is 12.3. The van der Waals surface area contributed by atoms with Crippen LogP contribution in [0.25, 0.3) is 0 Å². The monoisotopic (exact) mass is 625 g/mol. The molecule has 2 aliphatic rings. The molecule has 228 valence electrons. The van der Waals surface area contributed by atoms with Crippen molar-refractivity contribution in [2.45, 2.75) is 56.6 Å². The van der Waals surface area contributed by atoms with Gasteiger partial charge in [0.25, 0.3) is 5.69 Å². The number of hydrogen-bond donors (Lipinski definition) is 0. The molecule has 1 aliphatic carbocycles. The maximum absolute atomic E-state index is 12.4. The lowest BCUT2D eigenvalue weighted by Crippen LogP contribution is -2.35. The van der Waals surface area contributed by atoms with Crippen LogP contribution in [0.2, 0.25) is 0 Å². The third-order valence-electron chi connectivity index (χ3n) is 6.65. The largest absolute Gasteiger partial charge is 0.464 e. The minimum absolute atomic E-state index is 0.0668. The van der Waals surface area contributed by atoms with Crippen molar-refractivity contribution in [1.82, 2.24) is 0 Å². The second-order valence-electron chi connectivity index (χ2n) is 10.4. The molecule has 1 unspecified atom stereocenters. The van der Waals surface area contributed by atoms with E-state index in [1.807, 2.05) is 20.8 Å². The van der Waals surface area contributed by atoms with Gasteiger partial charge in [-0.25, -0.2) is 8.42 Å². The lowest BCUT2D eigenvalue weighted by atomic mass is 9.81. The summed E-state index contributed by atoms with van der Waals surface area (Å²) in [6.45, 7) is 6.43. The van der Waals surface area contributed by atoms with Crippen LogP contribution in [0.3, 0.4) is 0 Å². The highest BCUT2D eigenvalue weighted by Gasteiger charge is 2.43. The zero-order chi connectivity index (χ0) is 31.6. The van der Waals surface area contributed by atoms with Crippen molar-refractivity contribution in [1.29, 1.82) is 0 Å². The lowest BCUT2D eigenvalue weighted by molar-refractivity contribution is -0.385. The van der Waals surface area contributed by atoms with E-state index in [4.69, 9.17) is 13.7 Å². The summed E-state index contributed by atoms with van der Waals surface area (Å²) < 4.78 is 61.4. The molecular weight excluding hydrogens is 594 g/mol. The number of benzene rings is 2. The van der Waals surface area contributed by atoms with Gasteiger partial charge < -0.3 is 13.7 Å². The Hall–Kier alpha value is -3.69. The molecule has 0 amide bonds. The Morgan fingerprint density at radius 3 is 2.19 bits per heavy atom. The summed E-state index contributed by atoms with van der Waals surface area (Å²) in [7, 11) is -7.23. The van der Waals surface area contributed by atoms with Gasteiger partial charge in [0.05, 0.1) is 27.1 Å². The quantitative estimate of drug-likeness (QED) is 0.137. The Morgan fingerprint density at radius 1 is 1.05 bits per heavy atom. The van der Waals surface area contributed by atoms with Crippen LogP contribution in [-0.2, 0) is 39.7 Å². The molecule has 0 bridgehead atoms. The van der Waals surface area contributed by atoms with Gasteiger partial charge in [0.1, 0.15) is 17.4 Å². The van der Waals surface area contributed by atoms with Gasteiger partial charge in [-0.3, -0.25) is 24.5 Å². The number of Topliss-reactive ketones (excluding diaryl/α,β-unsaturated/α-hetero) is 3. The Labute approximate surface area is 243 Å². The summed E-state index contributed by atoms with van der Waals surface area (Å²) in [6.07, 6.45) is 2.01. The minimum Gasteiger partial charge on any atom is -0.464 e. The van der Waals surface area contributed by atoms with Crippen molar-refractivity contribution in [2.24, 2.45) is 5.92 Å². The molecule has 1 atom stereocenters.